The number of ether oxygens (including phenoxy) is 2. The third kappa shape index (κ3) is 5.45. The lowest BCUT2D eigenvalue weighted by Gasteiger charge is -2.07. The van der Waals surface area contributed by atoms with E-state index in [0.29, 0.717) is 17.9 Å². The standard InChI is InChI=1S/C23H19N3O5/c27-21(14-26-23(28)31-22(25-26)18-6-2-1-3-7-18)30-15-17-9-11-20(12-10-17)29-16-19-8-4-5-13-24-19/h1-13H,14-16H2. The first kappa shape index (κ1) is 20.1. The summed E-state index contributed by atoms with van der Waals surface area (Å²) in [4.78, 5) is 28.2. The zero-order valence-electron chi connectivity index (χ0n) is 16.5. The molecule has 0 saturated carbocycles. The molecule has 0 bridgehead atoms. The fourth-order valence-corrected chi connectivity index (χ4v) is 2.76. The first-order valence-electron chi connectivity index (χ1n) is 9.58. The van der Waals surface area contributed by atoms with E-state index < -0.39 is 11.7 Å². The number of benzene rings is 2. The first-order valence-corrected chi connectivity index (χ1v) is 9.58. The molecule has 0 fully saturated rings. The topological polar surface area (TPSA) is 96.5 Å². The van der Waals surface area contributed by atoms with Gasteiger partial charge >= 0.3 is 11.7 Å². The molecule has 31 heavy (non-hydrogen) atoms. The Morgan fingerprint density at radius 3 is 2.45 bits per heavy atom. The molecule has 0 aliphatic carbocycles. The Kier molecular flexibility index (Phi) is 6.18. The molecule has 4 rings (SSSR count). The van der Waals surface area contributed by atoms with Crippen molar-refractivity contribution in [3.63, 3.8) is 0 Å². The summed E-state index contributed by atoms with van der Waals surface area (Å²) < 4.78 is 17.0. The number of rotatable bonds is 8. The van der Waals surface area contributed by atoms with Crippen LogP contribution >= 0.6 is 0 Å². The zero-order valence-corrected chi connectivity index (χ0v) is 16.5. The molecule has 2 aromatic carbocycles. The summed E-state index contributed by atoms with van der Waals surface area (Å²) >= 11 is 0. The van der Waals surface area contributed by atoms with Crippen molar-refractivity contribution in [3.8, 4) is 17.2 Å². The highest BCUT2D eigenvalue weighted by molar-refractivity contribution is 5.69. The minimum atomic E-state index is -0.717. The van der Waals surface area contributed by atoms with E-state index in [9.17, 15) is 9.59 Å². The van der Waals surface area contributed by atoms with Gasteiger partial charge < -0.3 is 13.9 Å². The number of nitrogens with zero attached hydrogens (tertiary/aromatic N) is 3. The third-order valence-electron chi connectivity index (χ3n) is 4.34. The summed E-state index contributed by atoms with van der Waals surface area (Å²) in [6, 6.07) is 21.8. The lowest BCUT2D eigenvalue weighted by molar-refractivity contribution is -0.146. The van der Waals surface area contributed by atoms with Gasteiger partial charge in [0.25, 0.3) is 0 Å². The Bertz CT molecular complexity index is 1190. The highest BCUT2D eigenvalue weighted by Gasteiger charge is 2.14. The summed E-state index contributed by atoms with van der Waals surface area (Å²) in [6.45, 7) is 0.102. The average Bonchev–Trinajstić information content (AvgIpc) is 3.18. The summed E-state index contributed by atoms with van der Waals surface area (Å²) in [7, 11) is 0. The van der Waals surface area contributed by atoms with Crippen molar-refractivity contribution >= 4 is 5.97 Å². The Hall–Kier alpha value is -4.20. The van der Waals surface area contributed by atoms with Crippen molar-refractivity contribution in [2.45, 2.75) is 19.8 Å². The summed E-state index contributed by atoms with van der Waals surface area (Å²) in [6.07, 6.45) is 1.71. The molecule has 4 aromatic rings. The van der Waals surface area contributed by atoms with E-state index >= 15 is 0 Å². The molecule has 0 unspecified atom stereocenters. The number of hydrogen-bond acceptors (Lipinski definition) is 7. The molecule has 0 atom stereocenters. The molecule has 156 valence electrons. The lowest BCUT2D eigenvalue weighted by atomic mass is 10.2. The molecule has 0 amide bonds. The second-order valence-corrected chi connectivity index (χ2v) is 6.61. The maximum atomic E-state index is 12.1. The van der Waals surface area contributed by atoms with Gasteiger partial charge in [-0.15, -0.1) is 5.10 Å². The fraction of sp³-hybridized carbons (Fsp3) is 0.130. The van der Waals surface area contributed by atoms with Crippen LogP contribution in [0.15, 0.2) is 88.2 Å². The number of hydrogen-bond donors (Lipinski definition) is 0. The second kappa shape index (κ2) is 9.53. The lowest BCUT2D eigenvalue weighted by Crippen LogP contribution is -2.22. The zero-order chi connectivity index (χ0) is 21.5. The van der Waals surface area contributed by atoms with Gasteiger partial charge in [0.2, 0.25) is 5.89 Å². The minimum absolute atomic E-state index is 0.0670. The van der Waals surface area contributed by atoms with Crippen LogP contribution in [0.2, 0.25) is 0 Å². The van der Waals surface area contributed by atoms with Crippen LogP contribution in [0.5, 0.6) is 5.75 Å². The fourth-order valence-electron chi connectivity index (χ4n) is 2.76. The molecular formula is C23H19N3O5. The number of aromatic nitrogens is 3. The van der Waals surface area contributed by atoms with Crippen LogP contribution in [0, 0.1) is 0 Å². The smallest absolute Gasteiger partial charge is 0.437 e. The largest absolute Gasteiger partial charge is 0.487 e. The molecule has 0 aliphatic rings. The van der Waals surface area contributed by atoms with Gasteiger partial charge in [0.05, 0.1) is 5.69 Å². The Morgan fingerprint density at radius 1 is 0.935 bits per heavy atom. The molecule has 0 radical (unpaired) electrons. The van der Waals surface area contributed by atoms with Crippen molar-refractivity contribution in [3.05, 3.63) is 101 Å². The summed E-state index contributed by atoms with van der Waals surface area (Å²) in [5, 5.41) is 4.05. The van der Waals surface area contributed by atoms with E-state index in [1.165, 1.54) is 0 Å². The van der Waals surface area contributed by atoms with Gasteiger partial charge in [0.15, 0.2) is 0 Å². The maximum absolute atomic E-state index is 12.1. The third-order valence-corrected chi connectivity index (χ3v) is 4.34. The minimum Gasteiger partial charge on any atom is -0.487 e. The number of carbonyl (C=O) groups excluding carboxylic acids is 1. The highest BCUT2D eigenvalue weighted by atomic mass is 16.5. The Labute approximate surface area is 177 Å². The Morgan fingerprint density at radius 2 is 1.71 bits per heavy atom. The van der Waals surface area contributed by atoms with Gasteiger partial charge in [-0.05, 0) is 42.0 Å². The Balaban J connectivity index is 1.28. The second-order valence-electron chi connectivity index (χ2n) is 6.61. The van der Waals surface area contributed by atoms with Crippen LogP contribution in [0.1, 0.15) is 11.3 Å². The first-order chi connectivity index (χ1) is 15.2. The van der Waals surface area contributed by atoms with Gasteiger partial charge in [0, 0.05) is 11.8 Å². The number of pyridine rings is 1. The van der Waals surface area contributed by atoms with E-state index in [1.54, 1.807) is 54.7 Å². The van der Waals surface area contributed by atoms with Crippen LogP contribution < -0.4 is 10.5 Å². The number of carbonyl (C=O) groups is 1. The SMILES string of the molecule is O=C(Cn1nc(-c2ccccc2)oc1=O)OCc1ccc(OCc2ccccn2)cc1. The quantitative estimate of drug-likeness (QED) is 0.406. The summed E-state index contributed by atoms with van der Waals surface area (Å²) in [5.41, 5.74) is 2.27. The van der Waals surface area contributed by atoms with Crippen LogP contribution in [-0.4, -0.2) is 20.7 Å². The van der Waals surface area contributed by atoms with E-state index in [1.807, 2.05) is 24.3 Å². The normalized spacial score (nSPS) is 10.6. The maximum Gasteiger partial charge on any atom is 0.437 e. The summed E-state index contributed by atoms with van der Waals surface area (Å²) in [5.74, 6) is -0.473. The van der Waals surface area contributed by atoms with Crippen molar-refractivity contribution in [1.82, 2.24) is 14.8 Å². The average molecular weight is 417 g/mol. The van der Waals surface area contributed by atoms with Crippen LogP contribution in [0.25, 0.3) is 11.5 Å². The van der Waals surface area contributed by atoms with Gasteiger partial charge in [-0.3, -0.25) is 9.78 Å². The van der Waals surface area contributed by atoms with Gasteiger partial charge in [-0.25, -0.2) is 4.79 Å². The van der Waals surface area contributed by atoms with Gasteiger partial charge in [-0.2, -0.15) is 4.68 Å². The highest BCUT2D eigenvalue weighted by Crippen LogP contribution is 2.15. The predicted octanol–water partition coefficient (Wildman–Crippen LogP) is 3.22. The molecule has 0 saturated heterocycles. The molecular weight excluding hydrogens is 398 g/mol. The molecule has 0 aliphatic heterocycles. The molecule has 2 aromatic heterocycles. The molecule has 2 heterocycles. The van der Waals surface area contributed by atoms with Crippen LogP contribution in [-0.2, 0) is 29.3 Å². The van der Waals surface area contributed by atoms with E-state index in [4.69, 9.17) is 13.9 Å². The molecule has 0 N–H and O–H groups in total. The van der Waals surface area contributed by atoms with E-state index in [-0.39, 0.29) is 19.0 Å². The van der Waals surface area contributed by atoms with Crippen LogP contribution in [0.4, 0.5) is 0 Å². The monoisotopic (exact) mass is 417 g/mol. The van der Waals surface area contributed by atoms with Crippen molar-refractivity contribution < 1.29 is 18.7 Å². The van der Waals surface area contributed by atoms with Crippen LogP contribution in [0.3, 0.4) is 0 Å². The molecule has 0 spiro atoms. The van der Waals surface area contributed by atoms with Crippen molar-refractivity contribution in [2.75, 3.05) is 0 Å². The number of esters is 1. The molecule has 8 nitrogen and oxygen atoms in total. The van der Waals surface area contributed by atoms with Crippen molar-refractivity contribution in [2.24, 2.45) is 0 Å². The predicted molar refractivity (Wildman–Crippen MR) is 111 cm³/mol. The molecule has 8 heteroatoms. The van der Waals surface area contributed by atoms with E-state index in [0.717, 1.165) is 15.9 Å². The van der Waals surface area contributed by atoms with Gasteiger partial charge in [-0.1, -0.05) is 36.4 Å². The van der Waals surface area contributed by atoms with E-state index in [2.05, 4.69) is 10.1 Å². The van der Waals surface area contributed by atoms with Gasteiger partial charge in [0.1, 0.15) is 25.5 Å². The van der Waals surface area contributed by atoms with Crippen molar-refractivity contribution in [1.29, 1.82) is 0 Å².